The van der Waals surface area contributed by atoms with Gasteiger partial charge in [0.1, 0.15) is 11.9 Å². The van der Waals surface area contributed by atoms with Gasteiger partial charge in [-0.1, -0.05) is 13.0 Å². The summed E-state index contributed by atoms with van der Waals surface area (Å²) in [6, 6.07) is 4.58. The van der Waals surface area contributed by atoms with Gasteiger partial charge in [0.2, 0.25) is 0 Å². The average molecular weight is 280 g/mol. The van der Waals surface area contributed by atoms with Crippen LogP contribution in [0.3, 0.4) is 0 Å². The molecule has 1 aliphatic rings. The molecule has 1 unspecified atom stereocenters. The minimum Gasteiger partial charge on any atom is -0.385 e. The number of rotatable bonds is 4. The fourth-order valence-electron chi connectivity index (χ4n) is 3.26. The van der Waals surface area contributed by atoms with Crippen LogP contribution >= 0.6 is 0 Å². The SMILES string of the molecule is CCOC1(C(O)c2ccc(F)cc2C)CCC(C)CC1. The molecule has 1 aromatic rings. The van der Waals surface area contributed by atoms with Crippen LogP contribution in [0.25, 0.3) is 0 Å². The van der Waals surface area contributed by atoms with E-state index in [2.05, 4.69) is 6.92 Å². The second kappa shape index (κ2) is 6.23. The van der Waals surface area contributed by atoms with Gasteiger partial charge in [-0.3, -0.25) is 0 Å². The number of hydrogen-bond donors (Lipinski definition) is 1. The highest BCUT2D eigenvalue weighted by atomic mass is 19.1. The van der Waals surface area contributed by atoms with Crippen LogP contribution in [0.15, 0.2) is 18.2 Å². The van der Waals surface area contributed by atoms with E-state index in [-0.39, 0.29) is 5.82 Å². The maximum absolute atomic E-state index is 13.2. The molecule has 20 heavy (non-hydrogen) atoms. The number of ether oxygens (including phenoxy) is 1. The highest BCUT2D eigenvalue weighted by Gasteiger charge is 2.42. The van der Waals surface area contributed by atoms with Gasteiger partial charge in [0.25, 0.3) is 0 Å². The number of aliphatic hydroxyl groups is 1. The van der Waals surface area contributed by atoms with Gasteiger partial charge in [0.05, 0.1) is 5.60 Å². The zero-order valence-electron chi connectivity index (χ0n) is 12.7. The van der Waals surface area contributed by atoms with E-state index in [1.807, 2.05) is 13.8 Å². The van der Waals surface area contributed by atoms with Gasteiger partial charge in [0, 0.05) is 6.61 Å². The van der Waals surface area contributed by atoms with Gasteiger partial charge in [-0.15, -0.1) is 0 Å². The van der Waals surface area contributed by atoms with Crippen LogP contribution in [-0.2, 0) is 4.74 Å². The Kier molecular flexibility index (Phi) is 4.82. The Bertz CT molecular complexity index is 450. The quantitative estimate of drug-likeness (QED) is 0.897. The van der Waals surface area contributed by atoms with Gasteiger partial charge >= 0.3 is 0 Å². The molecule has 0 heterocycles. The van der Waals surface area contributed by atoms with E-state index in [4.69, 9.17) is 4.74 Å². The number of aliphatic hydroxyl groups excluding tert-OH is 1. The molecular weight excluding hydrogens is 255 g/mol. The number of hydrogen-bond acceptors (Lipinski definition) is 2. The first kappa shape index (κ1) is 15.5. The van der Waals surface area contributed by atoms with E-state index in [9.17, 15) is 9.50 Å². The van der Waals surface area contributed by atoms with E-state index in [0.29, 0.717) is 12.5 Å². The molecule has 0 aromatic heterocycles. The smallest absolute Gasteiger partial charge is 0.123 e. The number of benzene rings is 1. The van der Waals surface area contributed by atoms with Crippen LogP contribution < -0.4 is 0 Å². The second-order valence-corrected chi connectivity index (χ2v) is 6.08. The number of aryl methyl sites for hydroxylation is 1. The van der Waals surface area contributed by atoms with Crippen LogP contribution in [0.1, 0.15) is 56.8 Å². The molecule has 112 valence electrons. The van der Waals surface area contributed by atoms with Crippen molar-refractivity contribution in [1.29, 1.82) is 0 Å². The Hall–Kier alpha value is -0.930. The lowest BCUT2D eigenvalue weighted by Gasteiger charge is -2.43. The molecule has 1 N–H and O–H groups in total. The zero-order chi connectivity index (χ0) is 14.8. The maximum atomic E-state index is 13.2. The van der Waals surface area contributed by atoms with Gasteiger partial charge in [-0.05, 0) is 68.7 Å². The first-order valence-electron chi connectivity index (χ1n) is 7.56. The fraction of sp³-hybridized carbons (Fsp3) is 0.647. The van der Waals surface area contributed by atoms with Gasteiger partial charge in [-0.2, -0.15) is 0 Å². The van der Waals surface area contributed by atoms with Gasteiger partial charge in [-0.25, -0.2) is 4.39 Å². The Morgan fingerprint density at radius 3 is 2.60 bits per heavy atom. The largest absolute Gasteiger partial charge is 0.385 e. The molecule has 1 aliphatic carbocycles. The van der Waals surface area contributed by atoms with Crippen LogP contribution in [0.5, 0.6) is 0 Å². The molecule has 0 saturated heterocycles. The summed E-state index contributed by atoms with van der Waals surface area (Å²) in [6.07, 6.45) is 3.17. The van der Waals surface area contributed by atoms with Crippen molar-refractivity contribution in [2.75, 3.05) is 6.61 Å². The standard InChI is InChI=1S/C17H25FO2/c1-4-20-17(9-7-12(2)8-10-17)16(19)15-6-5-14(18)11-13(15)3/h5-6,11-12,16,19H,4,7-10H2,1-3H3. The number of halogens is 1. The third-order valence-corrected chi connectivity index (χ3v) is 4.58. The fourth-order valence-corrected chi connectivity index (χ4v) is 3.26. The molecule has 0 amide bonds. The Morgan fingerprint density at radius 2 is 2.05 bits per heavy atom. The summed E-state index contributed by atoms with van der Waals surface area (Å²) >= 11 is 0. The maximum Gasteiger partial charge on any atom is 0.123 e. The summed E-state index contributed by atoms with van der Waals surface area (Å²) in [5.74, 6) is 0.422. The molecule has 0 aliphatic heterocycles. The molecule has 1 saturated carbocycles. The molecule has 2 rings (SSSR count). The van der Waals surface area contributed by atoms with Crippen molar-refractivity contribution in [3.8, 4) is 0 Å². The first-order valence-corrected chi connectivity index (χ1v) is 7.56. The average Bonchev–Trinajstić information content (AvgIpc) is 2.41. The molecular formula is C17H25FO2. The monoisotopic (exact) mass is 280 g/mol. The van der Waals surface area contributed by atoms with Gasteiger partial charge < -0.3 is 9.84 Å². The lowest BCUT2D eigenvalue weighted by Crippen LogP contribution is -2.43. The molecule has 1 atom stereocenters. The van der Waals surface area contributed by atoms with Crippen molar-refractivity contribution >= 4 is 0 Å². The summed E-state index contributed by atoms with van der Waals surface area (Å²) in [4.78, 5) is 0. The summed E-state index contributed by atoms with van der Waals surface area (Å²) in [5, 5.41) is 10.8. The lowest BCUT2D eigenvalue weighted by molar-refractivity contribution is -0.146. The van der Waals surface area contributed by atoms with Crippen LogP contribution in [0.4, 0.5) is 4.39 Å². The third kappa shape index (κ3) is 3.04. The first-order chi connectivity index (χ1) is 9.48. The van der Waals surface area contributed by atoms with Crippen molar-refractivity contribution < 1.29 is 14.2 Å². The van der Waals surface area contributed by atoms with Crippen molar-refractivity contribution in [2.24, 2.45) is 5.92 Å². The molecule has 1 fully saturated rings. The summed E-state index contributed by atoms with van der Waals surface area (Å²) in [7, 11) is 0. The highest BCUT2D eigenvalue weighted by Crippen LogP contribution is 2.43. The normalized spacial score (nSPS) is 28.4. The molecule has 1 aromatic carbocycles. The van der Waals surface area contributed by atoms with E-state index < -0.39 is 11.7 Å². The van der Waals surface area contributed by atoms with Crippen molar-refractivity contribution in [3.63, 3.8) is 0 Å². The summed E-state index contributed by atoms with van der Waals surface area (Å²) in [5.41, 5.74) is 1.06. The molecule has 3 heteroatoms. The van der Waals surface area contributed by atoms with Crippen LogP contribution in [-0.4, -0.2) is 17.3 Å². The van der Waals surface area contributed by atoms with Crippen LogP contribution in [0.2, 0.25) is 0 Å². The third-order valence-electron chi connectivity index (χ3n) is 4.58. The topological polar surface area (TPSA) is 29.5 Å². The predicted octanol–water partition coefficient (Wildman–Crippen LogP) is 4.15. The van der Waals surface area contributed by atoms with E-state index in [1.54, 1.807) is 6.07 Å². The summed E-state index contributed by atoms with van der Waals surface area (Å²) in [6.45, 7) is 6.63. The van der Waals surface area contributed by atoms with E-state index in [0.717, 1.165) is 36.8 Å². The molecule has 2 nitrogen and oxygen atoms in total. The Morgan fingerprint density at radius 1 is 1.40 bits per heavy atom. The molecule has 0 bridgehead atoms. The minimum atomic E-state index is -0.685. The predicted molar refractivity (Wildman–Crippen MR) is 78.1 cm³/mol. The highest BCUT2D eigenvalue weighted by molar-refractivity contribution is 5.30. The Balaban J connectivity index is 2.28. The summed E-state index contributed by atoms with van der Waals surface area (Å²) < 4.78 is 19.2. The van der Waals surface area contributed by atoms with E-state index >= 15 is 0 Å². The Labute approximate surface area is 121 Å². The minimum absolute atomic E-state index is 0.263. The molecule has 0 spiro atoms. The van der Waals surface area contributed by atoms with Crippen molar-refractivity contribution in [2.45, 2.75) is 58.2 Å². The molecule has 0 radical (unpaired) electrons. The van der Waals surface area contributed by atoms with Gasteiger partial charge in [0.15, 0.2) is 0 Å². The van der Waals surface area contributed by atoms with Crippen LogP contribution in [0, 0.1) is 18.7 Å². The van der Waals surface area contributed by atoms with Crippen molar-refractivity contribution in [1.82, 2.24) is 0 Å². The second-order valence-electron chi connectivity index (χ2n) is 6.08. The lowest BCUT2D eigenvalue weighted by atomic mass is 9.74. The van der Waals surface area contributed by atoms with Crippen molar-refractivity contribution in [3.05, 3.63) is 35.1 Å². The van der Waals surface area contributed by atoms with E-state index in [1.165, 1.54) is 12.1 Å². The zero-order valence-corrected chi connectivity index (χ0v) is 12.7.